The first-order chi connectivity index (χ1) is 8.95. The average molecular weight is 267 g/mol. The fourth-order valence-electron chi connectivity index (χ4n) is 1.51. The highest BCUT2D eigenvalue weighted by atomic mass is 16.5. The van der Waals surface area contributed by atoms with Gasteiger partial charge in [0.2, 0.25) is 5.78 Å². The van der Waals surface area contributed by atoms with Crippen LogP contribution in [0.15, 0.2) is 24.3 Å². The Bertz CT molecular complexity index is 441. The molecule has 0 bridgehead atoms. The van der Waals surface area contributed by atoms with Crippen LogP contribution in [0.5, 0.6) is 5.75 Å². The molecule has 1 amide bonds. The second-order valence-electron chi connectivity index (χ2n) is 3.97. The van der Waals surface area contributed by atoms with Crippen LogP contribution in [-0.4, -0.2) is 40.7 Å². The molecule has 19 heavy (non-hydrogen) atoms. The molecule has 0 radical (unpaired) electrons. The lowest BCUT2D eigenvalue weighted by Gasteiger charge is -2.12. The number of hydrogen-bond acceptors (Lipinski definition) is 5. The van der Waals surface area contributed by atoms with Crippen molar-refractivity contribution in [2.45, 2.75) is 19.4 Å². The van der Waals surface area contributed by atoms with Crippen molar-refractivity contribution in [3.05, 3.63) is 29.8 Å². The number of aliphatic hydroxyl groups is 1. The lowest BCUT2D eigenvalue weighted by atomic mass is 10.0. The summed E-state index contributed by atoms with van der Waals surface area (Å²) in [5.74, 6) is -1.24. The van der Waals surface area contributed by atoms with Gasteiger partial charge in [0.25, 0.3) is 0 Å². The summed E-state index contributed by atoms with van der Waals surface area (Å²) >= 11 is 0. The minimum atomic E-state index is -1.09. The first-order valence-electron chi connectivity index (χ1n) is 5.86. The molecule has 1 rings (SSSR count). The van der Waals surface area contributed by atoms with Gasteiger partial charge in [-0.15, -0.1) is 0 Å². The van der Waals surface area contributed by atoms with Crippen molar-refractivity contribution in [2.24, 2.45) is 0 Å². The molecule has 0 spiro atoms. The van der Waals surface area contributed by atoms with E-state index in [9.17, 15) is 14.7 Å². The van der Waals surface area contributed by atoms with E-state index < -0.39 is 17.8 Å². The third-order valence-corrected chi connectivity index (χ3v) is 2.49. The summed E-state index contributed by atoms with van der Waals surface area (Å²) in [4.78, 5) is 22.5. The molecule has 2 N–H and O–H groups in total. The van der Waals surface area contributed by atoms with E-state index in [1.54, 1.807) is 24.3 Å². The van der Waals surface area contributed by atoms with Crippen LogP contribution >= 0.6 is 0 Å². The molecule has 0 aliphatic heterocycles. The van der Waals surface area contributed by atoms with Crippen LogP contribution < -0.4 is 4.74 Å². The van der Waals surface area contributed by atoms with Crippen LogP contribution in [0, 0.1) is 0 Å². The Kier molecular flexibility index (Phi) is 5.47. The Hall–Kier alpha value is -1.92. The third-order valence-electron chi connectivity index (χ3n) is 2.49. The van der Waals surface area contributed by atoms with Gasteiger partial charge in [-0.3, -0.25) is 14.8 Å². The molecule has 104 valence electrons. The van der Waals surface area contributed by atoms with Crippen molar-refractivity contribution in [2.75, 3.05) is 13.7 Å². The number of ketones is 1. The molecule has 0 aromatic heterocycles. The van der Waals surface area contributed by atoms with Gasteiger partial charge >= 0.3 is 5.91 Å². The number of hydrogen-bond donors (Lipinski definition) is 2. The van der Waals surface area contributed by atoms with Gasteiger partial charge in [0.1, 0.15) is 5.75 Å². The van der Waals surface area contributed by atoms with Crippen molar-refractivity contribution in [1.82, 2.24) is 5.06 Å². The summed E-state index contributed by atoms with van der Waals surface area (Å²) < 4.78 is 5.25. The number of carbonyl (C=O) groups is 2. The van der Waals surface area contributed by atoms with Gasteiger partial charge in [0.15, 0.2) is 0 Å². The molecule has 0 aliphatic carbocycles. The van der Waals surface area contributed by atoms with Crippen LogP contribution in [0.3, 0.4) is 0 Å². The molecule has 0 aliphatic rings. The smallest absolute Gasteiger partial charge is 0.313 e. The maximum atomic E-state index is 11.4. The maximum Gasteiger partial charge on any atom is 0.313 e. The number of benzene rings is 1. The van der Waals surface area contributed by atoms with Gasteiger partial charge in [-0.2, -0.15) is 0 Å². The van der Waals surface area contributed by atoms with E-state index in [-0.39, 0.29) is 11.5 Å². The minimum absolute atomic E-state index is 0.202. The molecular weight excluding hydrogens is 250 g/mol. The van der Waals surface area contributed by atoms with E-state index in [1.807, 2.05) is 6.92 Å². The lowest BCUT2D eigenvalue weighted by molar-refractivity contribution is -0.166. The number of likely N-dealkylation sites (N-methyl/N-ethyl adjacent to an activating group) is 1. The highest BCUT2D eigenvalue weighted by Gasteiger charge is 2.21. The highest BCUT2D eigenvalue weighted by Crippen LogP contribution is 2.20. The van der Waals surface area contributed by atoms with Crippen LogP contribution in [0.25, 0.3) is 0 Å². The summed E-state index contributed by atoms with van der Waals surface area (Å²) in [5, 5.41) is 18.9. The van der Waals surface area contributed by atoms with E-state index >= 15 is 0 Å². The summed E-state index contributed by atoms with van der Waals surface area (Å²) in [6.07, 6.45) is -1.47. The van der Waals surface area contributed by atoms with Crippen molar-refractivity contribution in [3.8, 4) is 5.75 Å². The molecule has 0 saturated heterocycles. The number of nitrogens with zero attached hydrogens (tertiary/aromatic N) is 1. The SMILES string of the molecule is CCOc1ccc(C(O)CC(=O)C(=O)N(C)O)cc1. The van der Waals surface area contributed by atoms with E-state index in [2.05, 4.69) is 0 Å². The number of rotatable bonds is 6. The molecule has 0 heterocycles. The molecule has 0 fully saturated rings. The predicted octanol–water partition coefficient (Wildman–Crippen LogP) is 0.925. The second kappa shape index (κ2) is 6.86. The van der Waals surface area contributed by atoms with Crippen LogP contribution in [-0.2, 0) is 9.59 Å². The first kappa shape index (κ1) is 15.1. The van der Waals surface area contributed by atoms with Crippen molar-refractivity contribution in [1.29, 1.82) is 0 Å². The summed E-state index contributed by atoms with van der Waals surface area (Å²) in [5.41, 5.74) is 0.505. The van der Waals surface area contributed by atoms with E-state index in [0.717, 1.165) is 7.05 Å². The van der Waals surface area contributed by atoms with E-state index in [4.69, 9.17) is 9.94 Å². The Labute approximate surface area is 111 Å². The molecule has 6 heteroatoms. The van der Waals surface area contributed by atoms with Crippen molar-refractivity contribution in [3.63, 3.8) is 0 Å². The highest BCUT2D eigenvalue weighted by molar-refractivity contribution is 6.35. The molecular formula is C13H17NO5. The van der Waals surface area contributed by atoms with Gasteiger partial charge in [-0.05, 0) is 24.6 Å². The fourth-order valence-corrected chi connectivity index (χ4v) is 1.51. The summed E-state index contributed by atoms with van der Waals surface area (Å²) in [7, 11) is 1.06. The van der Waals surface area contributed by atoms with Gasteiger partial charge < -0.3 is 9.84 Å². The van der Waals surface area contributed by atoms with Crippen LogP contribution in [0.1, 0.15) is 25.0 Å². The summed E-state index contributed by atoms with van der Waals surface area (Å²) in [6.45, 7) is 2.40. The zero-order valence-electron chi connectivity index (χ0n) is 10.9. The molecule has 1 aromatic carbocycles. The van der Waals surface area contributed by atoms with Crippen LogP contribution in [0.2, 0.25) is 0 Å². The van der Waals surface area contributed by atoms with E-state index in [1.165, 1.54) is 0 Å². The number of aliphatic hydroxyl groups excluding tert-OH is 1. The van der Waals surface area contributed by atoms with Gasteiger partial charge in [-0.1, -0.05) is 12.1 Å². The van der Waals surface area contributed by atoms with Crippen LogP contribution in [0.4, 0.5) is 0 Å². The number of Topliss-reactive ketones (excluding diaryl/α,β-unsaturated/α-hetero) is 1. The average Bonchev–Trinajstić information content (AvgIpc) is 2.38. The van der Waals surface area contributed by atoms with Crippen molar-refractivity contribution >= 4 is 11.7 Å². The Balaban J connectivity index is 2.65. The van der Waals surface area contributed by atoms with Gasteiger partial charge in [0, 0.05) is 13.5 Å². The second-order valence-corrected chi connectivity index (χ2v) is 3.97. The number of ether oxygens (including phenoxy) is 1. The number of hydroxylamine groups is 2. The lowest BCUT2D eigenvalue weighted by Crippen LogP contribution is -2.31. The zero-order chi connectivity index (χ0) is 14.4. The monoisotopic (exact) mass is 267 g/mol. The minimum Gasteiger partial charge on any atom is -0.494 e. The number of carbonyl (C=O) groups excluding carboxylic acids is 2. The molecule has 6 nitrogen and oxygen atoms in total. The number of amides is 1. The first-order valence-corrected chi connectivity index (χ1v) is 5.86. The Morgan fingerprint density at radius 3 is 2.37 bits per heavy atom. The Morgan fingerprint density at radius 1 is 1.32 bits per heavy atom. The van der Waals surface area contributed by atoms with Gasteiger partial charge in [-0.25, -0.2) is 5.06 Å². The normalized spacial score (nSPS) is 11.8. The quantitative estimate of drug-likeness (QED) is 0.455. The predicted molar refractivity (Wildman–Crippen MR) is 66.8 cm³/mol. The Morgan fingerprint density at radius 2 is 1.89 bits per heavy atom. The molecule has 0 saturated carbocycles. The molecule has 1 unspecified atom stereocenters. The third kappa shape index (κ3) is 4.35. The molecule has 1 aromatic rings. The van der Waals surface area contributed by atoms with Crippen molar-refractivity contribution < 1.29 is 24.6 Å². The maximum absolute atomic E-state index is 11.4. The molecule has 1 atom stereocenters. The topological polar surface area (TPSA) is 87.1 Å². The van der Waals surface area contributed by atoms with E-state index in [0.29, 0.717) is 17.9 Å². The standard InChI is InChI=1S/C13H17NO5/c1-3-19-10-6-4-9(5-7-10)11(15)8-12(16)13(17)14(2)18/h4-7,11,15,18H,3,8H2,1-2H3. The fraction of sp³-hybridized carbons (Fsp3) is 0.385. The zero-order valence-corrected chi connectivity index (χ0v) is 10.9. The largest absolute Gasteiger partial charge is 0.494 e. The van der Waals surface area contributed by atoms with Gasteiger partial charge in [0.05, 0.1) is 12.7 Å². The summed E-state index contributed by atoms with van der Waals surface area (Å²) in [6, 6.07) is 6.59.